The fourth-order valence-electron chi connectivity index (χ4n) is 1.70. The number of aliphatic hydroxyl groups is 1. The van der Waals surface area contributed by atoms with Gasteiger partial charge < -0.3 is 15.2 Å². The van der Waals surface area contributed by atoms with E-state index >= 15 is 0 Å². The molecule has 1 aromatic heterocycles. The number of nitrogens with one attached hydrogen (secondary N) is 1. The van der Waals surface area contributed by atoms with E-state index in [4.69, 9.17) is 0 Å². The van der Waals surface area contributed by atoms with Crippen molar-refractivity contribution in [1.29, 1.82) is 0 Å². The average molecular weight is 222 g/mol. The summed E-state index contributed by atoms with van der Waals surface area (Å²) in [4.78, 5) is 14.3. The second-order valence-corrected chi connectivity index (χ2v) is 4.53. The van der Waals surface area contributed by atoms with Crippen LogP contribution in [0.2, 0.25) is 0 Å². The largest absolute Gasteiger partial charge is 0.508 e. The SMILES string of the molecule is CC(C)(O)Cn1c(=O)[nH]c2cc(O)ccc21. The zero-order chi connectivity index (χ0) is 11.9. The number of imidazole rings is 1. The molecular formula is C11H14N2O3. The summed E-state index contributed by atoms with van der Waals surface area (Å²) in [7, 11) is 0. The molecule has 5 heteroatoms. The molecule has 86 valence electrons. The van der Waals surface area contributed by atoms with E-state index in [1.165, 1.54) is 16.7 Å². The molecule has 0 fully saturated rings. The molecule has 1 heterocycles. The van der Waals surface area contributed by atoms with Crippen molar-refractivity contribution in [2.75, 3.05) is 0 Å². The van der Waals surface area contributed by atoms with E-state index in [1.54, 1.807) is 19.9 Å². The molecule has 0 bridgehead atoms. The summed E-state index contributed by atoms with van der Waals surface area (Å²) in [6, 6.07) is 4.64. The minimum Gasteiger partial charge on any atom is -0.508 e. The molecule has 0 saturated heterocycles. The number of aromatic hydroxyl groups is 1. The van der Waals surface area contributed by atoms with Gasteiger partial charge in [-0.05, 0) is 26.0 Å². The number of aromatic amines is 1. The molecular weight excluding hydrogens is 208 g/mol. The third-order valence-electron chi connectivity index (χ3n) is 2.30. The summed E-state index contributed by atoms with van der Waals surface area (Å²) in [6.07, 6.45) is 0. The Bertz CT molecular complexity index is 575. The van der Waals surface area contributed by atoms with Crippen LogP contribution in [0.5, 0.6) is 5.75 Å². The molecule has 2 rings (SSSR count). The highest BCUT2D eigenvalue weighted by Gasteiger charge is 2.17. The third-order valence-corrected chi connectivity index (χ3v) is 2.30. The standard InChI is InChI=1S/C11H14N2O3/c1-11(2,16)6-13-9-4-3-7(14)5-8(9)12-10(13)15/h3-5,14,16H,6H2,1-2H3,(H,12,15). The van der Waals surface area contributed by atoms with Crippen molar-refractivity contribution in [3.8, 4) is 5.75 Å². The van der Waals surface area contributed by atoms with Gasteiger partial charge in [0.25, 0.3) is 0 Å². The molecule has 1 aromatic carbocycles. The molecule has 0 saturated carbocycles. The van der Waals surface area contributed by atoms with E-state index in [-0.39, 0.29) is 18.0 Å². The second kappa shape index (κ2) is 3.38. The van der Waals surface area contributed by atoms with Gasteiger partial charge >= 0.3 is 5.69 Å². The Hall–Kier alpha value is -1.75. The molecule has 16 heavy (non-hydrogen) atoms. The van der Waals surface area contributed by atoms with Crippen molar-refractivity contribution in [2.45, 2.75) is 26.0 Å². The van der Waals surface area contributed by atoms with E-state index in [0.29, 0.717) is 11.0 Å². The van der Waals surface area contributed by atoms with Gasteiger partial charge in [-0.25, -0.2) is 4.79 Å². The normalized spacial score (nSPS) is 12.2. The predicted molar refractivity (Wildman–Crippen MR) is 60.5 cm³/mol. The van der Waals surface area contributed by atoms with Crippen LogP contribution in [-0.4, -0.2) is 25.4 Å². The van der Waals surface area contributed by atoms with Crippen LogP contribution in [0.1, 0.15) is 13.8 Å². The van der Waals surface area contributed by atoms with Gasteiger partial charge in [0.15, 0.2) is 0 Å². The lowest BCUT2D eigenvalue weighted by atomic mass is 10.1. The van der Waals surface area contributed by atoms with Gasteiger partial charge in [0.2, 0.25) is 0 Å². The van der Waals surface area contributed by atoms with E-state index in [2.05, 4.69) is 4.98 Å². The number of hydrogen-bond donors (Lipinski definition) is 3. The quantitative estimate of drug-likeness (QED) is 0.703. The Balaban J connectivity index is 2.61. The van der Waals surface area contributed by atoms with Gasteiger partial charge in [-0.15, -0.1) is 0 Å². The molecule has 0 aliphatic rings. The maximum absolute atomic E-state index is 11.6. The topological polar surface area (TPSA) is 78.2 Å². The summed E-state index contributed by atoms with van der Waals surface area (Å²) in [5.74, 6) is 0.101. The summed E-state index contributed by atoms with van der Waals surface area (Å²) in [6.45, 7) is 3.48. The fraction of sp³-hybridized carbons (Fsp3) is 0.364. The number of hydrogen-bond acceptors (Lipinski definition) is 3. The Labute approximate surface area is 92.0 Å². The fourth-order valence-corrected chi connectivity index (χ4v) is 1.70. The van der Waals surface area contributed by atoms with Crippen LogP contribution in [0.4, 0.5) is 0 Å². The monoisotopic (exact) mass is 222 g/mol. The summed E-state index contributed by atoms with van der Waals surface area (Å²) < 4.78 is 1.45. The summed E-state index contributed by atoms with van der Waals surface area (Å²) >= 11 is 0. The molecule has 5 nitrogen and oxygen atoms in total. The first-order valence-electron chi connectivity index (χ1n) is 5.01. The number of phenols is 1. The van der Waals surface area contributed by atoms with Gasteiger partial charge in [-0.3, -0.25) is 4.57 Å². The molecule has 2 aromatic rings. The molecule has 0 aliphatic heterocycles. The van der Waals surface area contributed by atoms with Gasteiger partial charge in [-0.1, -0.05) is 0 Å². The van der Waals surface area contributed by atoms with Crippen LogP contribution < -0.4 is 5.69 Å². The van der Waals surface area contributed by atoms with Crippen LogP contribution in [0.15, 0.2) is 23.0 Å². The molecule has 0 amide bonds. The molecule has 0 unspecified atom stereocenters. The Morgan fingerprint density at radius 1 is 1.44 bits per heavy atom. The van der Waals surface area contributed by atoms with Crippen LogP contribution >= 0.6 is 0 Å². The highest BCUT2D eigenvalue weighted by Crippen LogP contribution is 2.18. The van der Waals surface area contributed by atoms with Crippen molar-refractivity contribution in [1.82, 2.24) is 9.55 Å². The Morgan fingerprint density at radius 2 is 2.12 bits per heavy atom. The highest BCUT2D eigenvalue weighted by molar-refractivity contribution is 5.76. The second-order valence-electron chi connectivity index (χ2n) is 4.53. The van der Waals surface area contributed by atoms with E-state index in [9.17, 15) is 15.0 Å². The molecule has 0 atom stereocenters. The molecule has 3 N–H and O–H groups in total. The van der Waals surface area contributed by atoms with Crippen molar-refractivity contribution in [3.05, 3.63) is 28.7 Å². The number of fused-ring (bicyclic) bond motifs is 1. The van der Waals surface area contributed by atoms with Gasteiger partial charge in [0.05, 0.1) is 23.2 Å². The lowest BCUT2D eigenvalue weighted by Crippen LogP contribution is -2.31. The maximum Gasteiger partial charge on any atom is 0.326 e. The van der Waals surface area contributed by atoms with Crippen LogP contribution in [0, 0.1) is 0 Å². The van der Waals surface area contributed by atoms with Crippen molar-refractivity contribution in [3.63, 3.8) is 0 Å². The lowest BCUT2D eigenvalue weighted by molar-refractivity contribution is 0.0617. The lowest BCUT2D eigenvalue weighted by Gasteiger charge is -2.17. The van der Waals surface area contributed by atoms with Gasteiger partial charge in [0.1, 0.15) is 5.75 Å². The predicted octanol–water partition coefficient (Wildman–Crippen LogP) is 0.806. The number of rotatable bonds is 2. The zero-order valence-corrected chi connectivity index (χ0v) is 9.19. The first-order valence-corrected chi connectivity index (χ1v) is 5.01. The zero-order valence-electron chi connectivity index (χ0n) is 9.19. The summed E-state index contributed by atoms with van der Waals surface area (Å²) in [5.41, 5.74) is -0.0153. The number of phenolic OH excluding ortho intramolecular Hbond substituents is 1. The Morgan fingerprint density at radius 3 is 2.75 bits per heavy atom. The molecule has 0 spiro atoms. The molecule has 0 aliphatic carbocycles. The van der Waals surface area contributed by atoms with E-state index in [1.807, 2.05) is 0 Å². The number of aromatic nitrogens is 2. The average Bonchev–Trinajstić information content (AvgIpc) is 2.40. The number of benzene rings is 1. The van der Waals surface area contributed by atoms with Crippen LogP contribution in [-0.2, 0) is 6.54 Å². The molecule has 0 radical (unpaired) electrons. The van der Waals surface area contributed by atoms with Gasteiger partial charge in [0, 0.05) is 6.07 Å². The first kappa shape index (κ1) is 10.8. The van der Waals surface area contributed by atoms with E-state index in [0.717, 1.165) is 0 Å². The maximum atomic E-state index is 11.6. The highest BCUT2D eigenvalue weighted by atomic mass is 16.3. The Kier molecular flexibility index (Phi) is 2.27. The summed E-state index contributed by atoms with van der Waals surface area (Å²) in [5, 5.41) is 19.0. The number of H-pyrrole nitrogens is 1. The minimum atomic E-state index is -0.961. The number of nitrogens with zero attached hydrogens (tertiary/aromatic N) is 1. The van der Waals surface area contributed by atoms with Crippen molar-refractivity contribution >= 4 is 11.0 Å². The smallest absolute Gasteiger partial charge is 0.326 e. The van der Waals surface area contributed by atoms with Crippen molar-refractivity contribution in [2.24, 2.45) is 0 Å². The third kappa shape index (κ3) is 1.94. The minimum absolute atomic E-state index is 0.101. The van der Waals surface area contributed by atoms with Crippen molar-refractivity contribution < 1.29 is 10.2 Å². The van der Waals surface area contributed by atoms with Gasteiger partial charge in [-0.2, -0.15) is 0 Å². The van der Waals surface area contributed by atoms with E-state index < -0.39 is 5.60 Å². The first-order chi connectivity index (χ1) is 7.37. The van der Waals surface area contributed by atoms with Crippen LogP contribution in [0.3, 0.4) is 0 Å². The van der Waals surface area contributed by atoms with Crippen LogP contribution in [0.25, 0.3) is 11.0 Å².